The first kappa shape index (κ1) is 34.4. The molecule has 5 fully saturated rings. The molecule has 0 bridgehead atoms. The topological polar surface area (TPSA) is 148 Å². The molecule has 13 heteroatoms. The van der Waals surface area contributed by atoms with E-state index >= 15 is 4.39 Å². The van der Waals surface area contributed by atoms with Crippen molar-refractivity contribution in [2.45, 2.75) is 108 Å². The third-order valence-electron chi connectivity index (χ3n) is 11.7. The van der Waals surface area contributed by atoms with Crippen LogP contribution in [0.25, 0.3) is 10.9 Å². The van der Waals surface area contributed by atoms with Gasteiger partial charge < -0.3 is 40.4 Å². The number of carboxylic acid groups (broad SMARTS) is 1. The molecule has 7 rings (SSSR count). The van der Waals surface area contributed by atoms with Crippen LogP contribution in [0.5, 0.6) is 5.75 Å². The monoisotopic (exact) mass is 673 g/mol. The molecule has 264 valence electrons. The number of anilines is 1. The van der Waals surface area contributed by atoms with Crippen molar-refractivity contribution < 1.29 is 33.0 Å². The number of alkyl halides is 1. The van der Waals surface area contributed by atoms with Crippen molar-refractivity contribution in [2.24, 2.45) is 16.6 Å². The number of carbonyl (C=O) groups excluding carboxylic acids is 1. The van der Waals surface area contributed by atoms with Gasteiger partial charge in [0, 0.05) is 55.2 Å². The van der Waals surface area contributed by atoms with Gasteiger partial charge in [-0.2, -0.15) is 0 Å². The highest BCUT2D eigenvalue weighted by Crippen LogP contribution is 2.53. The van der Waals surface area contributed by atoms with Gasteiger partial charge in [0.2, 0.25) is 5.43 Å². The van der Waals surface area contributed by atoms with Gasteiger partial charge in [0.1, 0.15) is 23.0 Å². The van der Waals surface area contributed by atoms with Crippen LogP contribution < -0.4 is 31.4 Å². The summed E-state index contributed by atoms with van der Waals surface area (Å²) >= 11 is 0. The van der Waals surface area contributed by atoms with Gasteiger partial charge in [-0.05, 0) is 52.5 Å². The molecule has 1 aromatic heterocycles. The van der Waals surface area contributed by atoms with E-state index in [-0.39, 0.29) is 51.2 Å². The first-order valence-electron chi connectivity index (χ1n) is 16.9. The van der Waals surface area contributed by atoms with Crippen LogP contribution in [0.15, 0.2) is 17.1 Å². The summed E-state index contributed by atoms with van der Waals surface area (Å²) < 4.78 is 41.8. The van der Waals surface area contributed by atoms with Gasteiger partial charge >= 0.3 is 12.1 Å². The van der Waals surface area contributed by atoms with Crippen molar-refractivity contribution >= 4 is 28.7 Å². The smallest absolute Gasteiger partial charge is 0.408 e. The number of aromatic nitrogens is 1. The molecule has 0 spiro atoms. The number of ether oxygens (including phenoxy) is 2. The standard InChI is InChI=1S/C22H25F2N3O4.C13H24N2O2/c1-21-4-3-5-22(21,25)10-26(9-21)17-14(24)6-11-16(19(17)31-2)27(15-7-13(15)23)8-12(18(11)28)20(29)30;1-11(2,3)17-10(16)15-13-7-5-6-12(13,4)8-14-9-13/h6,8,13,15H,3-5,7,9-10,25H2,1-2H3,(H,29,30);14H,5-9H2,1-4H3,(H,15,16)/t13-,15+,21+,22+;12-,13-/m01/s1. The zero-order valence-electron chi connectivity index (χ0n) is 28.8. The van der Waals surface area contributed by atoms with Crippen molar-refractivity contribution in [3.05, 3.63) is 33.9 Å². The van der Waals surface area contributed by atoms with Gasteiger partial charge in [0.05, 0.1) is 29.6 Å². The van der Waals surface area contributed by atoms with Crippen LogP contribution in [0.3, 0.4) is 0 Å². The molecule has 2 aliphatic heterocycles. The van der Waals surface area contributed by atoms with E-state index in [1.807, 2.05) is 25.7 Å². The predicted molar refractivity (Wildman–Crippen MR) is 178 cm³/mol. The number of alkyl carbamates (subject to hydrolysis) is 1. The number of rotatable bonds is 5. The minimum Gasteiger partial charge on any atom is -0.492 e. The highest BCUT2D eigenvalue weighted by atomic mass is 19.1. The summed E-state index contributed by atoms with van der Waals surface area (Å²) in [6.07, 6.45) is 6.12. The predicted octanol–water partition coefficient (Wildman–Crippen LogP) is 4.88. The summed E-state index contributed by atoms with van der Waals surface area (Å²) in [6.45, 7) is 12.9. The molecule has 3 saturated carbocycles. The Bertz CT molecular complexity index is 1680. The lowest BCUT2D eigenvalue weighted by molar-refractivity contribution is 0.0406. The average Bonchev–Trinajstić information content (AvgIpc) is 3.18. The van der Waals surface area contributed by atoms with E-state index in [0.717, 1.165) is 51.0 Å². The number of nitrogens with two attached hydrogens (primary N) is 1. The van der Waals surface area contributed by atoms with Gasteiger partial charge in [0.15, 0.2) is 11.6 Å². The number of fused-ring (bicyclic) bond motifs is 3. The molecule has 6 atom stereocenters. The summed E-state index contributed by atoms with van der Waals surface area (Å²) in [5, 5.41) is 15.8. The van der Waals surface area contributed by atoms with Crippen molar-refractivity contribution in [3.63, 3.8) is 0 Å². The summed E-state index contributed by atoms with van der Waals surface area (Å²) in [7, 11) is 1.37. The molecule has 5 aliphatic rings. The van der Waals surface area contributed by atoms with E-state index in [0.29, 0.717) is 13.1 Å². The molecule has 3 aliphatic carbocycles. The number of halogens is 2. The maximum absolute atomic E-state index is 15.5. The minimum atomic E-state index is -1.44. The fourth-order valence-electron chi connectivity index (χ4n) is 8.80. The Morgan fingerprint density at radius 3 is 2.38 bits per heavy atom. The van der Waals surface area contributed by atoms with E-state index in [1.54, 1.807) is 0 Å². The second-order valence-corrected chi connectivity index (χ2v) is 16.2. The fourth-order valence-corrected chi connectivity index (χ4v) is 8.80. The second-order valence-electron chi connectivity index (χ2n) is 16.2. The van der Waals surface area contributed by atoms with E-state index < -0.39 is 46.1 Å². The third kappa shape index (κ3) is 5.60. The zero-order chi connectivity index (χ0) is 35.0. The van der Waals surface area contributed by atoms with Crippen LogP contribution in [-0.2, 0) is 4.74 Å². The van der Waals surface area contributed by atoms with E-state index in [2.05, 4.69) is 24.5 Å². The van der Waals surface area contributed by atoms with Gasteiger partial charge in [-0.15, -0.1) is 0 Å². The first-order valence-corrected chi connectivity index (χ1v) is 16.9. The molecule has 2 aromatic rings. The Balaban J connectivity index is 0.000000200. The highest BCUT2D eigenvalue weighted by molar-refractivity contribution is 5.97. The quantitative estimate of drug-likeness (QED) is 0.349. The molecule has 5 N–H and O–H groups in total. The van der Waals surface area contributed by atoms with Crippen LogP contribution in [0, 0.1) is 16.6 Å². The molecule has 0 unspecified atom stereocenters. The lowest BCUT2D eigenvalue weighted by Gasteiger charge is -2.38. The number of methoxy groups -OCH3 is 1. The van der Waals surface area contributed by atoms with Crippen LogP contribution >= 0.6 is 0 Å². The minimum absolute atomic E-state index is 0.102. The van der Waals surface area contributed by atoms with Crippen LogP contribution in [0.2, 0.25) is 0 Å². The molecule has 3 heterocycles. The Morgan fingerprint density at radius 1 is 1.10 bits per heavy atom. The highest BCUT2D eigenvalue weighted by Gasteiger charge is 2.57. The van der Waals surface area contributed by atoms with E-state index in [9.17, 15) is 23.9 Å². The molecular weight excluding hydrogens is 624 g/mol. The van der Waals surface area contributed by atoms with Gasteiger partial charge in [0.25, 0.3) is 0 Å². The Morgan fingerprint density at radius 2 is 1.77 bits per heavy atom. The average molecular weight is 674 g/mol. The summed E-state index contributed by atoms with van der Waals surface area (Å²) in [4.78, 5) is 38.2. The molecule has 2 saturated heterocycles. The second kappa shape index (κ2) is 11.6. The van der Waals surface area contributed by atoms with Crippen molar-refractivity contribution in [1.82, 2.24) is 15.2 Å². The van der Waals surface area contributed by atoms with Crippen LogP contribution in [0.4, 0.5) is 19.3 Å². The molecule has 1 amide bonds. The normalized spacial score (nSPS) is 33.6. The lowest BCUT2D eigenvalue weighted by Crippen LogP contribution is -2.56. The largest absolute Gasteiger partial charge is 0.492 e. The van der Waals surface area contributed by atoms with Crippen LogP contribution in [0.1, 0.15) is 96.0 Å². The fraction of sp³-hybridized carbons (Fsp3) is 0.686. The number of aromatic carboxylic acids is 1. The van der Waals surface area contributed by atoms with Crippen LogP contribution in [-0.4, -0.2) is 77.9 Å². The summed E-state index contributed by atoms with van der Waals surface area (Å²) in [5.41, 5.74) is 4.77. The number of nitrogens with zero attached hydrogens (tertiary/aromatic N) is 2. The van der Waals surface area contributed by atoms with Crippen molar-refractivity contribution in [1.29, 1.82) is 0 Å². The number of carboxylic acids is 1. The SMILES string of the molecule is CC(C)(C)OC(=O)N[C@@]12CCC[C@]1(C)CNC2.COc1c(N2C[C@@]3(C)CCC[C@@]3(N)C2)c(F)cc2c(=O)c(C(=O)O)cn([C@@H]3C[C@@H]3F)c12. The maximum atomic E-state index is 15.5. The maximum Gasteiger partial charge on any atom is 0.408 e. The van der Waals surface area contributed by atoms with Gasteiger partial charge in [-0.3, -0.25) is 4.79 Å². The van der Waals surface area contributed by atoms with E-state index in [4.69, 9.17) is 15.2 Å². The Kier molecular flexibility index (Phi) is 8.30. The molecule has 1 aromatic carbocycles. The Labute approximate surface area is 279 Å². The van der Waals surface area contributed by atoms with Crippen molar-refractivity contribution in [3.8, 4) is 5.75 Å². The number of nitrogens with one attached hydrogen (secondary N) is 2. The number of hydrogen-bond acceptors (Lipinski definition) is 8. The number of amides is 1. The molecular formula is C35H49F2N5O6. The third-order valence-corrected chi connectivity index (χ3v) is 11.7. The van der Waals surface area contributed by atoms with E-state index in [1.165, 1.54) is 24.5 Å². The number of carbonyl (C=O) groups is 2. The van der Waals surface area contributed by atoms with Crippen molar-refractivity contribution in [2.75, 3.05) is 38.2 Å². The number of hydrogen-bond donors (Lipinski definition) is 4. The molecule has 11 nitrogen and oxygen atoms in total. The zero-order valence-corrected chi connectivity index (χ0v) is 28.8. The lowest BCUT2D eigenvalue weighted by atomic mass is 9.76. The van der Waals surface area contributed by atoms with Gasteiger partial charge in [-0.1, -0.05) is 26.7 Å². The first-order chi connectivity index (χ1) is 22.4. The summed E-state index contributed by atoms with van der Waals surface area (Å²) in [5.74, 6) is -2.02. The summed E-state index contributed by atoms with van der Waals surface area (Å²) in [6, 6.07) is 0.429. The Hall–Kier alpha value is -3.45. The number of benzene rings is 1. The van der Waals surface area contributed by atoms with Gasteiger partial charge in [-0.25, -0.2) is 18.4 Å². The molecule has 48 heavy (non-hydrogen) atoms. The number of pyridine rings is 1. The molecule has 0 radical (unpaired) electrons.